The van der Waals surface area contributed by atoms with E-state index >= 15 is 0 Å². The third-order valence-corrected chi connectivity index (χ3v) is 8.36. The predicted molar refractivity (Wildman–Crippen MR) is 142 cm³/mol. The Morgan fingerprint density at radius 2 is 2.00 bits per heavy atom. The zero-order valence-electron chi connectivity index (χ0n) is 21.1. The van der Waals surface area contributed by atoms with Gasteiger partial charge in [0.2, 0.25) is 5.91 Å². The molecular weight excluding hydrogens is 458 g/mol. The number of ether oxygens (including phenoxy) is 3. The smallest absolute Gasteiger partial charge is 0.248 e. The molecule has 2 aliphatic rings. The van der Waals surface area contributed by atoms with Crippen LogP contribution in [0.25, 0.3) is 0 Å². The number of hydrogen-bond donors (Lipinski definition) is 0. The van der Waals surface area contributed by atoms with Crippen LogP contribution in [0.15, 0.2) is 60.0 Å². The minimum atomic E-state index is -0.00713. The summed E-state index contributed by atoms with van der Waals surface area (Å²) in [5.74, 6) is 3.54. The summed E-state index contributed by atoms with van der Waals surface area (Å²) in [6.07, 6.45) is 4.25. The Labute approximate surface area is 213 Å². The highest BCUT2D eigenvalue weighted by molar-refractivity contribution is 8.02. The SMILES string of the molecule is CCC1(C)CN(C(=O)COCc2ccccc2)CC1c1ccc(OC)c(OCCC2C=CSC2)c1. The maximum atomic E-state index is 13.0. The van der Waals surface area contributed by atoms with Crippen LogP contribution in [0.3, 0.4) is 0 Å². The summed E-state index contributed by atoms with van der Waals surface area (Å²) in [5.41, 5.74) is 2.26. The van der Waals surface area contributed by atoms with Gasteiger partial charge in [0.1, 0.15) is 6.61 Å². The molecule has 2 aromatic rings. The number of methoxy groups -OCH3 is 1. The van der Waals surface area contributed by atoms with Gasteiger partial charge in [-0.25, -0.2) is 0 Å². The molecule has 3 atom stereocenters. The highest BCUT2D eigenvalue weighted by Gasteiger charge is 2.44. The number of allylic oxidation sites excluding steroid dienone is 1. The maximum Gasteiger partial charge on any atom is 0.248 e. The van der Waals surface area contributed by atoms with Crippen LogP contribution in [0.5, 0.6) is 11.5 Å². The summed E-state index contributed by atoms with van der Waals surface area (Å²) in [7, 11) is 1.68. The minimum Gasteiger partial charge on any atom is -0.493 e. The van der Waals surface area contributed by atoms with Crippen LogP contribution in [-0.2, 0) is 16.1 Å². The van der Waals surface area contributed by atoms with Crippen molar-refractivity contribution in [1.29, 1.82) is 0 Å². The van der Waals surface area contributed by atoms with Gasteiger partial charge >= 0.3 is 0 Å². The number of amides is 1. The lowest BCUT2D eigenvalue weighted by atomic mass is 9.74. The van der Waals surface area contributed by atoms with Crippen molar-refractivity contribution >= 4 is 17.7 Å². The minimum absolute atomic E-state index is 0.00713. The number of rotatable bonds is 11. The molecule has 188 valence electrons. The fraction of sp³-hybridized carbons (Fsp3) is 0.483. The van der Waals surface area contributed by atoms with E-state index in [4.69, 9.17) is 14.2 Å². The fourth-order valence-electron chi connectivity index (χ4n) is 4.95. The van der Waals surface area contributed by atoms with E-state index in [9.17, 15) is 4.79 Å². The second kappa shape index (κ2) is 12.0. The number of thioether (sulfide) groups is 1. The molecule has 0 spiro atoms. The van der Waals surface area contributed by atoms with Crippen molar-refractivity contribution in [2.45, 2.75) is 39.2 Å². The lowest BCUT2D eigenvalue weighted by molar-refractivity contribution is -0.135. The van der Waals surface area contributed by atoms with E-state index in [0.29, 0.717) is 25.7 Å². The predicted octanol–water partition coefficient (Wildman–Crippen LogP) is 5.90. The number of benzene rings is 2. The Bertz CT molecular complexity index is 1010. The van der Waals surface area contributed by atoms with E-state index in [0.717, 1.165) is 42.2 Å². The molecule has 2 heterocycles. The molecule has 1 fully saturated rings. The zero-order valence-corrected chi connectivity index (χ0v) is 21.9. The van der Waals surface area contributed by atoms with Crippen LogP contribution in [0.1, 0.15) is 43.7 Å². The second-order valence-corrected chi connectivity index (χ2v) is 10.7. The van der Waals surface area contributed by atoms with Gasteiger partial charge in [-0.1, -0.05) is 56.3 Å². The van der Waals surface area contributed by atoms with E-state index in [-0.39, 0.29) is 23.8 Å². The maximum absolute atomic E-state index is 13.0. The van der Waals surface area contributed by atoms with Gasteiger partial charge in [0, 0.05) is 24.8 Å². The average Bonchev–Trinajstić information content (AvgIpc) is 3.53. The van der Waals surface area contributed by atoms with Crippen LogP contribution in [-0.4, -0.2) is 50.0 Å². The molecule has 1 amide bonds. The largest absolute Gasteiger partial charge is 0.493 e. The number of hydrogen-bond acceptors (Lipinski definition) is 5. The molecule has 3 unspecified atom stereocenters. The first kappa shape index (κ1) is 25.6. The van der Waals surface area contributed by atoms with Gasteiger partial charge in [-0.15, -0.1) is 11.8 Å². The van der Waals surface area contributed by atoms with Crippen molar-refractivity contribution in [1.82, 2.24) is 4.90 Å². The van der Waals surface area contributed by atoms with Crippen LogP contribution < -0.4 is 9.47 Å². The Kier molecular flexibility index (Phi) is 8.79. The Hall–Kier alpha value is -2.44. The second-order valence-electron chi connectivity index (χ2n) is 9.78. The van der Waals surface area contributed by atoms with Crippen molar-refractivity contribution in [2.75, 3.05) is 39.2 Å². The van der Waals surface area contributed by atoms with Crippen molar-refractivity contribution < 1.29 is 19.0 Å². The van der Waals surface area contributed by atoms with E-state index in [1.54, 1.807) is 7.11 Å². The standard InChI is InChI=1S/C29H37NO4S/c1-4-29(2)21-30(28(31)19-33-18-22-8-6-5-7-9-22)17-25(29)24-10-11-26(32-3)27(16-24)34-14-12-23-13-15-35-20-23/h5-11,13,15-16,23,25H,4,12,14,17-21H2,1-3H3. The molecule has 0 aromatic heterocycles. The highest BCUT2D eigenvalue weighted by atomic mass is 32.2. The normalized spacial score (nSPS) is 23.6. The molecule has 1 saturated heterocycles. The molecule has 4 rings (SSSR count). The fourth-order valence-corrected chi connectivity index (χ4v) is 5.92. The van der Waals surface area contributed by atoms with Crippen molar-refractivity contribution in [3.05, 3.63) is 71.1 Å². The lowest BCUT2D eigenvalue weighted by Crippen LogP contribution is -2.33. The first-order chi connectivity index (χ1) is 17.0. The molecule has 0 radical (unpaired) electrons. The highest BCUT2D eigenvalue weighted by Crippen LogP contribution is 2.46. The van der Waals surface area contributed by atoms with Crippen molar-refractivity contribution in [2.24, 2.45) is 11.3 Å². The zero-order chi connectivity index (χ0) is 24.7. The van der Waals surface area contributed by atoms with Gasteiger partial charge in [-0.2, -0.15) is 0 Å². The molecule has 0 N–H and O–H groups in total. The first-order valence-electron chi connectivity index (χ1n) is 12.5. The quantitative estimate of drug-likeness (QED) is 0.388. The topological polar surface area (TPSA) is 48.0 Å². The molecular formula is C29H37NO4S. The van der Waals surface area contributed by atoms with Crippen LogP contribution in [0.2, 0.25) is 0 Å². The number of carbonyl (C=O) groups excluding carboxylic acids is 1. The lowest BCUT2D eigenvalue weighted by Gasteiger charge is -2.29. The Morgan fingerprint density at radius 3 is 2.71 bits per heavy atom. The van der Waals surface area contributed by atoms with Crippen LogP contribution >= 0.6 is 11.8 Å². The molecule has 2 aromatic carbocycles. The van der Waals surface area contributed by atoms with Gasteiger partial charge in [-0.3, -0.25) is 4.79 Å². The van der Waals surface area contributed by atoms with Crippen molar-refractivity contribution in [3.63, 3.8) is 0 Å². The Morgan fingerprint density at radius 1 is 1.17 bits per heavy atom. The summed E-state index contributed by atoms with van der Waals surface area (Å²) in [6, 6.07) is 16.2. The average molecular weight is 496 g/mol. The summed E-state index contributed by atoms with van der Waals surface area (Å²) in [4.78, 5) is 15.0. The van der Waals surface area contributed by atoms with Crippen LogP contribution in [0.4, 0.5) is 0 Å². The summed E-state index contributed by atoms with van der Waals surface area (Å²) in [6.45, 7) is 7.12. The number of nitrogens with zero attached hydrogens (tertiary/aromatic N) is 1. The van der Waals surface area contributed by atoms with Crippen LogP contribution in [0, 0.1) is 11.3 Å². The van der Waals surface area contributed by atoms with E-state index in [1.807, 2.05) is 53.1 Å². The molecule has 6 heteroatoms. The third kappa shape index (κ3) is 6.42. The van der Waals surface area contributed by atoms with Gasteiger partial charge in [-0.05, 0) is 52.8 Å². The summed E-state index contributed by atoms with van der Waals surface area (Å²) in [5, 5.41) is 2.18. The van der Waals surface area contributed by atoms with Gasteiger partial charge in [0.15, 0.2) is 11.5 Å². The molecule has 0 bridgehead atoms. The Balaban J connectivity index is 1.40. The molecule has 35 heavy (non-hydrogen) atoms. The van der Waals surface area contributed by atoms with Gasteiger partial charge in [0.25, 0.3) is 0 Å². The van der Waals surface area contributed by atoms with Crippen molar-refractivity contribution in [3.8, 4) is 11.5 Å². The first-order valence-corrected chi connectivity index (χ1v) is 13.6. The van der Waals surface area contributed by atoms with E-state index in [2.05, 4.69) is 37.5 Å². The molecule has 5 nitrogen and oxygen atoms in total. The molecule has 0 aliphatic carbocycles. The summed E-state index contributed by atoms with van der Waals surface area (Å²) >= 11 is 1.86. The summed E-state index contributed by atoms with van der Waals surface area (Å²) < 4.78 is 17.5. The van der Waals surface area contributed by atoms with E-state index < -0.39 is 0 Å². The number of likely N-dealkylation sites (tertiary alicyclic amines) is 1. The third-order valence-electron chi connectivity index (χ3n) is 7.39. The number of carbonyl (C=O) groups is 1. The van der Waals surface area contributed by atoms with E-state index in [1.165, 1.54) is 5.56 Å². The van der Waals surface area contributed by atoms with Gasteiger partial charge < -0.3 is 19.1 Å². The monoisotopic (exact) mass is 495 g/mol. The van der Waals surface area contributed by atoms with Gasteiger partial charge in [0.05, 0.1) is 20.3 Å². The molecule has 0 saturated carbocycles. The molecule has 2 aliphatic heterocycles.